The van der Waals surface area contributed by atoms with Crippen molar-refractivity contribution in [1.82, 2.24) is 4.98 Å². The maximum Gasteiger partial charge on any atom is 0.0638 e. The third-order valence-corrected chi connectivity index (χ3v) is 3.30. The number of thioether (sulfide) groups is 1. The van der Waals surface area contributed by atoms with E-state index in [1.54, 1.807) is 24.2 Å². The maximum absolute atomic E-state index is 8.61. The Labute approximate surface area is 95.1 Å². The van der Waals surface area contributed by atoms with Crippen molar-refractivity contribution in [3.63, 3.8) is 0 Å². The lowest BCUT2D eigenvalue weighted by atomic mass is 10.2. The molecule has 0 aliphatic heterocycles. The van der Waals surface area contributed by atoms with E-state index in [1.807, 2.05) is 6.07 Å². The van der Waals surface area contributed by atoms with Crippen LogP contribution >= 0.6 is 11.8 Å². The molecule has 0 amide bonds. The molecular weight excluding hydrogens is 208 g/mol. The highest BCUT2D eigenvalue weighted by Crippen LogP contribution is 2.24. The standard InChI is InChI=1S/C11H18N2OS/c12-10-9-13-6-5-11(10)15-8-4-2-1-3-7-14/h5-6,9,14H,1-4,7-8,12H2. The number of nitrogens with two attached hydrogens (primary N) is 1. The smallest absolute Gasteiger partial charge is 0.0638 e. The summed E-state index contributed by atoms with van der Waals surface area (Å²) in [5, 5.41) is 8.61. The van der Waals surface area contributed by atoms with Crippen LogP contribution < -0.4 is 5.73 Å². The largest absolute Gasteiger partial charge is 0.397 e. The first kappa shape index (κ1) is 12.3. The predicted molar refractivity (Wildman–Crippen MR) is 64.9 cm³/mol. The van der Waals surface area contributed by atoms with Gasteiger partial charge in [0.15, 0.2) is 0 Å². The summed E-state index contributed by atoms with van der Waals surface area (Å²) in [6.45, 7) is 0.310. The van der Waals surface area contributed by atoms with E-state index in [4.69, 9.17) is 10.8 Å². The molecule has 0 fully saturated rings. The Kier molecular flexibility index (Phi) is 6.20. The third-order valence-electron chi connectivity index (χ3n) is 2.12. The van der Waals surface area contributed by atoms with Crippen molar-refractivity contribution in [1.29, 1.82) is 0 Å². The fourth-order valence-corrected chi connectivity index (χ4v) is 2.22. The van der Waals surface area contributed by atoms with Crippen LogP contribution in [0.3, 0.4) is 0 Å². The molecule has 0 aliphatic carbocycles. The van der Waals surface area contributed by atoms with Gasteiger partial charge in [0.1, 0.15) is 0 Å². The number of aliphatic hydroxyl groups excluding tert-OH is 1. The van der Waals surface area contributed by atoms with Crippen molar-refractivity contribution in [2.45, 2.75) is 30.6 Å². The first-order valence-corrected chi connectivity index (χ1v) is 6.26. The molecule has 1 heterocycles. The minimum atomic E-state index is 0.310. The van der Waals surface area contributed by atoms with Gasteiger partial charge >= 0.3 is 0 Å². The van der Waals surface area contributed by atoms with E-state index in [2.05, 4.69) is 4.98 Å². The molecule has 15 heavy (non-hydrogen) atoms. The molecule has 0 saturated carbocycles. The monoisotopic (exact) mass is 226 g/mol. The van der Waals surface area contributed by atoms with Crippen molar-refractivity contribution in [2.75, 3.05) is 18.1 Å². The van der Waals surface area contributed by atoms with Gasteiger partial charge in [0.2, 0.25) is 0 Å². The second-order valence-corrected chi connectivity index (χ2v) is 4.54. The Morgan fingerprint density at radius 2 is 2.07 bits per heavy atom. The summed E-state index contributed by atoms with van der Waals surface area (Å²) in [6.07, 6.45) is 7.84. The topological polar surface area (TPSA) is 59.1 Å². The van der Waals surface area contributed by atoms with E-state index in [-0.39, 0.29) is 0 Å². The van der Waals surface area contributed by atoms with Crippen molar-refractivity contribution < 1.29 is 5.11 Å². The van der Waals surface area contributed by atoms with E-state index in [0.29, 0.717) is 6.61 Å². The maximum atomic E-state index is 8.61. The van der Waals surface area contributed by atoms with Crippen LogP contribution in [0.5, 0.6) is 0 Å². The highest BCUT2D eigenvalue weighted by molar-refractivity contribution is 7.99. The molecule has 0 radical (unpaired) electrons. The number of hydrogen-bond donors (Lipinski definition) is 2. The molecule has 3 N–H and O–H groups in total. The first-order valence-electron chi connectivity index (χ1n) is 5.27. The number of nitrogen functional groups attached to an aromatic ring is 1. The van der Waals surface area contributed by atoms with E-state index >= 15 is 0 Å². The Balaban J connectivity index is 2.12. The number of aliphatic hydroxyl groups is 1. The van der Waals surface area contributed by atoms with E-state index < -0.39 is 0 Å². The molecule has 0 spiro atoms. The minimum Gasteiger partial charge on any atom is -0.397 e. The van der Waals surface area contributed by atoms with Crippen molar-refractivity contribution in [2.24, 2.45) is 0 Å². The Morgan fingerprint density at radius 3 is 2.80 bits per heavy atom. The van der Waals surface area contributed by atoms with Crippen LogP contribution in [-0.2, 0) is 0 Å². The quantitative estimate of drug-likeness (QED) is 0.553. The fourth-order valence-electron chi connectivity index (χ4n) is 1.27. The van der Waals surface area contributed by atoms with Crippen LogP contribution in [0.25, 0.3) is 0 Å². The van der Waals surface area contributed by atoms with E-state index in [0.717, 1.165) is 29.2 Å². The Bertz CT molecular complexity index is 281. The summed E-state index contributed by atoms with van der Waals surface area (Å²) < 4.78 is 0. The van der Waals surface area contributed by atoms with Crippen molar-refractivity contribution >= 4 is 17.4 Å². The predicted octanol–water partition coefficient (Wildman–Crippen LogP) is 2.31. The van der Waals surface area contributed by atoms with Gasteiger partial charge in [-0.05, 0) is 24.7 Å². The number of pyridine rings is 1. The van der Waals surface area contributed by atoms with E-state index in [9.17, 15) is 0 Å². The Hall–Kier alpha value is -0.740. The minimum absolute atomic E-state index is 0.310. The zero-order chi connectivity index (χ0) is 10.9. The van der Waals surface area contributed by atoms with Crippen LogP contribution in [0.1, 0.15) is 25.7 Å². The van der Waals surface area contributed by atoms with Crippen LogP contribution in [0, 0.1) is 0 Å². The molecule has 84 valence electrons. The summed E-state index contributed by atoms with van der Waals surface area (Å²) >= 11 is 1.78. The van der Waals surface area contributed by atoms with Gasteiger partial charge in [0.25, 0.3) is 0 Å². The average molecular weight is 226 g/mol. The van der Waals surface area contributed by atoms with Gasteiger partial charge in [-0.1, -0.05) is 12.8 Å². The van der Waals surface area contributed by atoms with Gasteiger partial charge in [-0.15, -0.1) is 11.8 Å². The summed E-state index contributed by atoms with van der Waals surface area (Å²) in [5.74, 6) is 1.08. The molecule has 0 aromatic carbocycles. The lowest BCUT2D eigenvalue weighted by molar-refractivity contribution is 0.283. The number of aromatic nitrogens is 1. The molecule has 1 rings (SSSR count). The second-order valence-electron chi connectivity index (χ2n) is 3.40. The zero-order valence-electron chi connectivity index (χ0n) is 8.85. The number of hydrogen-bond acceptors (Lipinski definition) is 4. The SMILES string of the molecule is Nc1cnccc1SCCCCCCO. The van der Waals surface area contributed by atoms with Gasteiger partial charge < -0.3 is 10.8 Å². The van der Waals surface area contributed by atoms with Crippen molar-refractivity contribution in [3.8, 4) is 0 Å². The van der Waals surface area contributed by atoms with Crippen molar-refractivity contribution in [3.05, 3.63) is 18.5 Å². The molecule has 1 aromatic rings. The molecule has 0 aliphatic rings. The summed E-state index contributed by atoms with van der Waals surface area (Å²) in [5.41, 5.74) is 6.53. The molecule has 0 atom stereocenters. The Morgan fingerprint density at radius 1 is 1.27 bits per heavy atom. The summed E-state index contributed by atoms with van der Waals surface area (Å²) in [7, 11) is 0. The molecule has 0 saturated heterocycles. The number of unbranched alkanes of at least 4 members (excludes halogenated alkanes) is 3. The number of anilines is 1. The number of rotatable bonds is 7. The fraction of sp³-hybridized carbons (Fsp3) is 0.545. The van der Waals surface area contributed by atoms with Gasteiger partial charge in [0, 0.05) is 17.7 Å². The molecule has 3 nitrogen and oxygen atoms in total. The van der Waals surface area contributed by atoms with Gasteiger partial charge in [-0.3, -0.25) is 4.98 Å². The molecular formula is C11H18N2OS. The first-order chi connectivity index (χ1) is 7.34. The van der Waals surface area contributed by atoms with Crippen LogP contribution in [-0.4, -0.2) is 22.5 Å². The molecule has 0 unspecified atom stereocenters. The zero-order valence-corrected chi connectivity index (χ0v) is 9.67. The lowest BCUT2D eigenvalue weighted by Crippen LogP contribution is -1.90. The van der Waals surface area contributed by atoms with Crippen LogP contribution in [0.4, 0.5) is 5.69 Å². The van der Waals surface area contributed by atoms with Crippen LogP contribution in [0.2, 0.25) is 0 Å². The summed E-state index contributed by atoms with van der Waals surface area (Å²) in [4.78, 5) is 5.07. The van der Waals surface area contributed by atoms with Gasteiger partial charge in [-0.25, -0.2) is 0 Å². The summed E-state index contributed by atoms with van der Waals surface area (Å²) in [6, 6.07) is 1.95. The second kappa shape index (κ2) is 7.54. The normalized spacial score (nSPS) is 10.5. The van der Waals surface area contributed by atoms with Gasteiger partial charge in [0.05, 0.1) is 11.9 Å². The lowest BCUT2D eigenvalue weighted by Gasteiger charge is -2.03. The number of nitrogens with zero attached hydrogens (tertiary/aromatic N) is 1. The molecule has 0 bridgehead atoms. The molecule has 4 heteroatoms. The van der Waals surface area contributed by atoms with Crippen LogP contribution in [0.15, 0.2) is 23.4 Å². The van der Waals surface area contributed by atoms with E-state index in [1.165, 1.54) is 12.8 Å². The highest BCUT2D eigenvalue weighted by atomic mass is 32.2. The molecule has 1 aromatic heterocycles. The van der Waals surface area contributed by atoms with Gasteiger partial charge in [-0.2, -0.15) is 0 Å². The highest BCUT2D eigenvalue weighted by Gasteiger charge is 1.98. The average Bonchev–Trinajstić information content (AvgIpc) is 2.25. The third kappa shape index (κ3) is 5.04.